The van der Waals surface area contributed by atoms with Gasteiger partial charge in [-0.1, -0.05) is 20.3 Å². The first kappa shape index (κ1) is 23.5. The Hall–Kier alpha value is -1.47. The van der Waals surface area contributed by atoms with E-state index >= 15 is 0 Å². The van der Waals surface area contributed by atoms with Gasteiger partial charge in [0.2, 0.25) is 11.8 Å². The summed E-state index contributed by atoms with van der Waals surface area (Å²) in [5.74, 6) is -0.284. The van der Waals surface area contributed by atoms with E-state index in [0.29, 0.717) is 0 Å². The average molecular weight is 357 g/mol. The Balaban J connectivity index is 5.11. The molecular formula is C18H35N3O4. The smallest absolute Gasteiger partial charge is 0.242 e. The van der Waals surface area contributed by atoms with Gasteiger partial charge in [0.15, 0.2) is 0 Å². The van der Waals surface area contributed by atoms with Gasteiger partial charge in [0.05, 0.1) is 24.2 Å². The van der Waals surface area contributed by atoms with E-state index in [2.05, 4.69) is 10.6 Å². The molecule has 0 aromatic rings. The second kappa shape index (κ2) is 10.5. The molecule has 25 heavy (non-hydrogen) atoms. The monoisotopic (exact) mass is 357 g/mol. The van der Waals surface area contributed by atoms with Crippen molar-refractivity contribution < 1.29 is 19.1 Å². The topological polar surface area (TPSA) is 87.7 Å². The molecule has 0 bridgehead atoms. The number of ketones is 1. The van der Waals surface area contributed by atoms with Gasteiger partial charge in [-0.2, -0.15) is 0 Å². The summed E-state index contributed by atoms with van der Waals surface area (Å²) in [5.41, 5.74) is -0.751. The molecule has 0 saturated heterocycles. The Kier molecular flexibility index (Phi) is 9.89. The van der Waals surface area contributed by atoms with E-state index in [-0.39, 0.29) is 48.6 Å². The standard InChI is InChI=1S/C18H35N3O4/c1-9-12(2)16(14(25-8)10-13(3)22)21(7)15(23)11-20-17(24)18(4,5)19-6/h12,14,16,19H,9-11H2,1-8H3,(H,20,24). The summed E-state index contributed by atoms with van der Waals surface area (Å²) in [7, 11) is 4.94. The van der Waals surface area contributed by atoms with Crippen LogP contribution in [0.3, 0.4) is 0 Å². The molecule has 3 unspecified atom stereocenters. The summed E-state index contributed by atoms with van der Waals surface area (Å²) in [4.78, 5) is 37.8. The quantitative estimate of drug-likeness (QED) is 0.575. The Morgan fingerprint density at radius 1 is 1.24 bits per heavy atom. The Labute approximate surface area is 151 Å². The largest absolute Gasteiger partial charge is 0.379 e. The third kappa shape index (κ3) is 7.12. The second-order valence-corrected chi connectivity index (χ2v) is 7.12. The zero-order valence-corrected chi connectivity index (χ0v) is 16.9. The minimum absolute atomic E-state index is 0.0186. The maximum atomic E-state index is 12.6. The fraction of sp³-hybridized carbons (Fsp3) is 0.833. The van der Waals surface area contributed by atoms with Crippen LogP contribution in [0.1, 0.15) is 47.5 Å². The van der Waals surface area contributed by atoms with Crippen molar-refractivity contribution in [3.8, 4) is 0 Å². The van der Waals surface area contributed by atoms with Crippen LogP contribution in [-0.4, -0.2) is 67.9 Å². The number of Topliss-reactive ketones (excluding diaryl/α,β-unsaturated/α-hetero) is 1. The van der Waals surface area contributed by atoms with Crippen LogP contribution in [0.2, 0.25) is 0 Å². The molecule has 0 saturated carbocycles. The van der Waals surface area contributed by atoms with Crippen molar-refractivity contribution in [2.75, 3.05) is 27.7 Å². The molecule has 2 amide bonds. The molecule has 0 aliphatic rings. The SMILES string of the molecule is CCC(C)C(C(CC(C)=O)OC)N(C)C(=O)CNC(=O)C(C)(C)NC. The lowest BCUT2D eigenvalue weighted by Crippen LogP contribution is -2.55. The molecule has 0 fully saturated rings. The summed E-state index contributed by atoms with van der Waals surface area (Å²) < 4.78 is 5.50. The molecule has 7 heteroatoms. The highest BCUT2D eigenvalue weighted by Crippen LogP contribution is 2.21. The van der Waals surface area contributed by atoms with Crippen molar-refractivity contribution in [2.24, 2.45) is 5.92 Å². The fourth-order valence-electron chi connectivity index (χ4n) is 2.65. The molecule has 146 valence electrons. The molecule has 7 nitrogen and oxygen atoms in total. The summed E-state index contributed by atoms with van der Waals surface area (Å²) in [6.07, 6.45) is 0.729. The van der Waals surface area contributed by atoms with Crippen molar-refractivity contribution in [1.82, 2.24) is 15.5 Å². The number of amides is 2. The highest BCUT2D eigenvalue weighted by Gasteiger charge is 2.33. The Bertz CT molecular complexity index is 465. The van der Waals surface area contributed by atoms with Crippen LogP contribution >= 0.6 is 0 Å². The predicted molar refractivity (Wildman–Crippen MR) is 98.3 cm³/mol. The van der Waals surface area contributed by atoms with Crippen LogP contribution in [0.25, 0.3) is 0 Å². The number of hydrogen-bond donors (Lipinski definition) is 2. The van der Waals surface area contributed by atoms with Crippen LogP contribution in [0, 0.1) is 5.92 Å². The van der Waals surface area contributed by atoms with Gasteiger partial charge in [-0.05, 0) is 33.7 Å². The fourth-order valence-corrected chi connectivity index (χ4v) is 2.65. The molecule has 0 aromatic carbocycles. The maximum Gasteiger partial charge on any atom is 0.242 e. The van der Waals surface area contributed by atoms with Gasteiger partial charge in [0, 0.05) is 20.6 Å². The van der Waals surface area contributed by atoms with E-state index in [0.717, 1.165) is 6.42 Å². The summed E-state index contributed by atoms with van der Waals surface area (Å²) >= 11 is 0. The van der Waals surface area contributed by atoms with E-state index in [1.807, 2.05) is 13.8 Å². The van der Waals surface area contributed by atoms with Crippen molar-refractivity contribution in [2.45, 2.75) is 65.1 Å². The first-order chi connectivity index (χ1) is 11.5. The lowest BCUT2D eigenvalue weighted by Gasteiger charge is -2.37. The van der Waals surface area contributed by atoms with E-state index in [9.17, 15) is 14.4 Å². The molecule has 0 spiro atoms. The van der Waals surface area contributed by atoms with E-state index in [1.54, 1.807) is 40.0 Å². The number of carbonyl (C=O) groups excluding carboxylic acids is 3. The third-order valence-electron chi connectivity index (χ3n) is 4.83. The highest BCUT2D eigenvalue weighted by atomic mass is 16.5. The minimum Gasteiger partial charge on any atom is -0.379 e. The van der Waals surface area contributed by atoms with Crippen molar-refractivity contribution >= 4 is 17.6 Å². The molecule has 2 N–H and O–H groups in total. The molecule has 0 radical (unpaired) electrons. The Morgan fingerprint density at radius 2 is 1.80 bits per heavy atom. The molecular weight excluding hydrogens is 322 g/mol. The van der Waals surface area contributed by atoms with Crippen LogP contribution in [0.5, 0.6) is 0 Å². The lowest BCUT2D eigenvalue weighted by atomic mass is 9.90. The average Bonchev–Trinajstić information content (AvgIpc) is 2.57. The van der Waals surface area contributed by atoms with Gasteiger partial charge in [-0.25, -0.2) is 0 Å². The van der Waals surface area contributed by atoms with Gasteiger partial charge < -0.3 is 20.3 Å². The normalized spacial score (nSPS) is 15.2. The molecule has 3 atom stereocenters. The lowest BCUT2D eigenvalue weighted by molar-refractivity contribution is -0.139. The predicted octanol–water partition coefficient (Wildman–Crippen LogP) is 0.968. The van der Waals surface area contributed by atoms with Gasteiger partial charge in [-0.3, -0.25) is 14.4 Å². The summed E-state index contributed by atoms with van der Waals surface area (Å²) in [5, 5.41) is 5.56. The van der Waals surface area contributed by atoms with Gasteiger partial charge in [0.1, 0.15) is 5.78 Å². The molecule has 0 heterocycles. The van der Waals surface area contributed by atoms with Crippen molar-refractivity contribution in [3.63, 3.8) is 0 Å². The van der Waals surface area contributed by atoms with Crippen molar-refractivity contribution in [1.29, 1.82) is 0 Å². The zero-order valence-electron chi connectivity index (χ0n) is 16.9. The number of carbonyl (C=O) groups is 3. The number of nitrogens with one attached hydrogen (secondary N) is 2. The van der Waals surface area contributed by atoms with Crippen LogP contribution in [0.4, 0.5) is 0 Å². The van der Waals surface area contributed by atoms with Crippen LogP contribution in [0.15, 0.2) is 0 Å². The van der Waals surface area contributed by atoms with Gasteiger partial charge in [0.25, 0.3) is 0 Å². The third-order valence-corrected chi connectivity index (χ3v) is 4.83. The molecule has 0 rings (SSSR count). The number of rotatable bonds is 11. The highest BCUT2D eigenvalue weighted by molar-refractivity contribution is 5.89. The summed E-state index contributed by atoms with van der Waals surface area (Å²) in [6, 6.07) is -0.236. The summed E-state index contributed by atoms with van der Waals surface area (Å²) in [6.45, 7) is 8.97. The number of ether oxygens (including phenoxy) is 1. The maximum absolute atomic E-state index is 12.6. The van der Waals surface area contributed by atoms with Gasteiger partial charge in [-0.15, -0.1) is 0 Å². The number of methoxy groups -OCH3 is 1. The van der Waals surface area contributed by atoms with E-state index < -0.39 is 5.54 Å². The molecule has 0 aliphatic heterocycles. The number of nitrogens with zero attached hydrogens (tertiary/aromatic N) is 1. The molecule has 0 aliphatic carbocycles. The van der Waals surface area contributed by atoms with Crippen molar-refractivity contribution in [3.05, 3.63) is 0 Å². The van der Waals surface area contributed by atoms with Crippen LogP contribution in [-0.2, 0) is 19.1 Å². The van der Waals surface area contributed by atoms with Crippen LogP contribution < -0.4 is 10.6 Å². The Morgan fingerprint density at radius 3 is 2.20 bits per heavy atom. The first-order valence-corrected chi connectivity index (χ1v) is 8.76. The van der Waals surface area contributed by atoms with E-state index in [1.165, 1.54) is 6.92 Å². The second-order valence-electron chi connectivity index (χ2n) is 7.12. The van der Waals surface area contributed by atoms with Gasteiger partial charge >= 0.3 is 0 Å². The zero-order chi connectivity index (χ0) is 19.8. The van der Waals surface area contributed by atoms with E-state index in [4.69, 9.17) is 4.74 Å². The minimum atomic E-state index is -0.751. The first-order valence-electron chi connectivity index (χ1n) is 8.76. The molecule has 0 aromatic heterocycles. The number of hydrogen-bond acceptors (Lipinski definition) is 5. The number of likely N-dealkylation sites (N-methyl/N-ethyl adjacent to an activating group) is 2.